The van der Waals surface area contributed by atoms with Crippen molar-refractivity contribution < 1.29 is 24.2 Å². The van der Waals surface area contributed by atoms with E-state index in [9.17, 15) is 0 Å². The van der Waals surface area contributed by atoms with Crippen molar-refractivity contribution in [3.05, 3.63) is 24.3 Å². The Labute approximate surface area is 100 Å². The van der Waals surface area contributed by atoms with Crippen LogP contribution in [0.15, 0.2) is 24.3 Å². The highest BCUT2D eigenvalue weighted by molar-refractivity contribution is 6.33. The van der Waals surface area contributed by atoms with Crippen molar-refractivity contribution in [3.63, 3.8) is 0 Å². The molecule has 5 nitrogen and oxygen atoms in total. The molecule has 6 heteroatoms. The zero-order valence-electron chi connectivity index (χ0n) is 9.41. The van der Waals surface area contributed by atoms with Gasteiger partial charge in [0.25, 0.3) is 0 Å². The van der Waals surface area contributed by atoms with E-state index in [1.165, 1.54) is 0 Å². The molecule has 17 heavy (non-hydrogen) atoms. The van der Waals surface area contributed by atoms with Gasteiger partial charge in [0, 0.05) is 12.8 Å². The van der Waals surface area contributed by atoms with E-state index >= 15 is 0 Å². The van der Waals surface area contributed by atoms with Crippen LogP contribution in [-0.4, -0.2) is 36.7 Å². The van der Waals surface area contributed by atoms with Crippen LogP contribution in [0.3, 0.4) is 0 Å². The first-order chi connectivity index (χ1) is 8.24. The van der Waals surface area contributed by atoms with Crippen LogP contribution in [0.5, 0.6) is 11.5 Å². The van der Waals surface area contributed by atoms with Crippen LogP contribution in [0.4, 0.5) is 0 Å². The first-order valence-electron chi connectivity index (χ1n) is 5.61. The minimum absolute atomic E-state index is 0.193. The highest BCUT2D eigenvalue weighted by atomic mass is 16.6. The summed E-state index contributed by atoms with van der Waals surface area (Å²) < 4.78 is 15.7. The molecule has 0 radical (unpaired) electrons. The third kappa shape index (κ3) is 3.92. The molecule has 0 amide bonds. The fourth-order valence-corrected chi connectivity index (χ4v) is 1.70. The number of rotatable bonds is 4. The van der Waals surface area contributed by atoms with E-state index in [1.54, 1.807) is 24.3 Å². The second-order valence-corrected chi connectivity index (χ2v) is 3.85. The van der Waals surface area contributed by atoms with E-state index in [4.69, 9.17) is 24.2 Å². The summed E-state index contributed by atoms with van der Waals surface area (Å²) in [6, 6.07) is 6.75. The van der Waals surface area contributed by atoms with Crippen LogP contribution in [0.2, 0.25) is 0 Å². The molecule has 1 aromatic carbocycles. The van der Waals surface area contributed by atoms with Crippen LogP contribution in [0, 0.1) is 0 Å². The van der Waals surface area contributed by atoms with E-state index in [-0.39, 0.29) is 6.10 Å². The molecule has 0 bridgehead atoms. The SMILES string of the molecule is OB(O)Oc1ccc(OC2CCOCC2)cc1. The largest absolute Gasteiger partial charge is 0.707 e. The zero-order valence-corrected chi connectivity index (χ0v) is 9.41. The lowest BCUT2D eigenvalue weighted by atomic mass is 10.1. The van der Waals surface area contributed by atoms with Crippen molar-refractivity contribution >= 4 is 7.32 Å². The quantitative estimate of drug-likeness (QED) is 0.751. The summed E-state index contributed by atoms with van der Waals surface area (Å²) in [5, 5.41) is 17.2. The van der Waals surface area contributed by atoms with Crippen LogP contribution in [-0.2, 0) is 4.74 Å². The highest BCUT2D eigenvalue weighted by Gasteiger charge is 2.15. The van der Waals surface area contributed by atoms with Gasteiger partial charge in [-0.05, 0) is 24.3 Å². The Balaban J connectivity index is 1.88. The van der Waals surface area contributed by atoms with Crippen molar-refractivity contribution in [1.29, 1.82) is 0 Å². The van der Waals surface area contributed by atoms with E-state index in [2.05, 4.69) is 0 Å². The molecule has 2 N–H and O–H groups in total. The second-order valence-electron chi connectivity index (χ2n) is 3.85. The molecule has 92 valence electrons. The molecule has 1 fully saturated rings. The molecular formula is C11H15BO5. The fraction of sp³-hybridized carbons (Fsp3) is 0.455. The monoisotopic (exact) mass is 238 g/mol. The van der Waals surface area contributed by atoms with Gasteiger partial charge in [-0.3, -0.25) is 0 Å². The van der Waals surface area contributed by atoms with Crippen molar-refractivity contribution in [2.45, 2.75) is 18.9 Å². The maximum Gasteiger partial charge on any atom is 0.707 e. The molecular weight excluding hydrogens is 223 g/mol. The molecule has 0 aliphatic carbocycles. The topological polar surface area (TPSA) is 68.2 Å². The first-order valence-corrected chi connectivity index (χ1v) is 5.61. The van der Waals surface area contributed by atoms with E-state index in [0.717, 1.165) is 31.8 Å². The maximum absolute atomic E-state index is 8.62. The molecule has 0 unspecified atom stereocenters. The third-order valence-corrected chi connectivity index (χ3v) is 2.54. The molecule has 0 saturated carbocycles. The van der Waals surface area contributed by atoms with Crippen LogP contribution in [0.1, 0.15) is 12.8 Å². The summed E-state index contributed by atoms with van der Waals surface area (Å²) in [6.45, 7) is 1.48. The Hall–Kier alpha value is -1.24. The van der Waals surface area contributed by atoms with Crippen LogP contribution in [0.25, 0.3) is 0 Å². The average molecular weight is 238 g/mol. The molecule has 1 saturated heterocycles. The number of hydrogen-bond acceptors (Lipinski definition) is 5. The van der Waals surface area contributed by atoms with Gasteiger partial charge in [-0.1, -0.05) is 0 Å². The Morgan fingerprint density at radius 3 is 2.24 bits per heavy atom. The Bertz CT molecular complexity index is 334. The van der Waals surface area contributed by atoms with Gasteiger partial charge in [-0.2, -0.15) is 0 Å². The normalized spacial score (nSPS) is 16.6. The standard InChI is InChI=1S/C11H15BO5/c13-12(14)17-11-3-1-9(2-4-11)16-10-5-7-15-8-6-10/h1-4,10,13-14H,5-8H2. The van der Waals surface area contributed by atoms with E-state index in [0.29, 0.717) is 5.75 Å². The van der Waals surface area contributed by atoms with Gasteiger partial charge in [-0.25, -0.2) is 0 Å². The third-order valence-electron chi connectivity index (χ3n) is 2.54. The smallest absolute Gasteiger partial charge is 0.512 e. The molecule has 0 spiro atoms. The molecule has 1 heterocycles. The Morgan fingerprint density at radius 1 is 1.06 bits per heavy atom. The maximum atomic E-state index is 8.62. The van der Waals surface area contributed by atoms with Gasteiger partial charge in [0.05, 0.1) is 13.2 Å². The molecule has 2 rings (SSSR count). The molecule has 0 aromatic heterocycles. The number of hydrogen-bond donors (Lipinski definition) is 2. The van der Waals surface area contributed by atoms with Crippen molar-refractivity contribution in [1.82, 2.24) is 0 Å². The summed E-state index contributed by atoms with van der Waals surface area (Å²) in [7, 11) is -1.79. The van der Waals surface area contributed by atoms with Gasteiger partial charge in [0.1, 0.15) is 17.6 Å². The van der Waals surface area contributed by atoms with Gasteiger partial charge < -0.3 is 24.2 Å². The lowest BCUT2D eigenvalue weighted by molar-refractivity contribution is 0.0255. The van der Waals surface area contributed by atoms with Crippen molar-refractivity contribution in [2.75, 3.05) is 13.2 Å². The van der Waals surface area contributed by atoms with E-state index < -0.39 is 7.32 Å². The summed E-state index contributed by atoms with van der Waals surface area (Å²) in [4.78, 5) is 0. The molecule has 1 aromatic rings. The van der Waals surface area contributed by atoms with Crippen molar-refractivity contribution in [2.24, 2.45) is 0 Å². The predicted octanol–water partition coefficient (Wildman–Crippen LogP) is 0.593. The van der Waals surface area contributed by atoms with Crippen molar-refractivity contribution in [3.8, 4) is 11.5 Å². The summed E-state index contributed by atoms with van der Waals surface area (Å²) in [5.74, 6) is 1.14. The zero-order chi connectivity index (χ0) is 12.1. The van der Waals surface area contributed by atoms with Gasteiger partial charge in [0.15, 0.2) is 0 Å². The lowest BCUT2D eigenvalue weighted by Crippen LogP contribution is -2.25. The highest BCUT2D eigenvalue weighted by Crippen LogP contribution is 2.21. The van der Waals surface area contributed by atoms with E-state index in [1.807, 2.05) is 0 Å². The molecule has 1 aliphatic heterocycles. The lowest BCUT2D eigenvalue weighted by Gasteiger charge is -2.23. The average Bonchev–Trinajstić information content (AvgIpc) is 2.32. The second kappa shape index (κ2) is 5.91. The van der Waals surface area contributed by atoms with Gasteiger partial charge >= 0.3 is 7.32 Å². The predicted molar refractivity (Wildman–Crippen MR) is 61.7 cm³/mol. The number of benzene rings is 1. The Kier molecular flexibility index (Phi) is 4.25. The minimum Gasteiger partial charge on any atom is -0.512 e. The van der Waals surface area contributed by atoms with Gasteiger partial charge in [-0.15, -0.1) is 0 Å². The fourth-order valence-electron chi connectivity index (χ4n) is 1.70. The van der Waals surface area contributed by atoms with Crippen LogP contribution < -0.4 is 9.39 Å². The summed E-state index contributed by atoms with van der Waals surface area (Å²) in [5.41, 5.74) is 0. The molecule has 0 atom stereocenters. The van der Waals surface area contributed by atoms with Crippen LogP contribution >= 0.6 is 0 Å². The summed E-state index contributed by atoms with van der Waals surface area (Å²) in [6.07, 6.45) is 1.99. The number of ether oxygens (including phenoxy) is 2. The first kappa shape index (κ1) is 12.2. The van der Waals surface area contributed by atoms with Gasteiger partial charge in [0.2, 0.25) is 0 Å². The molecule has 1 aliphatic rings. The summed E-state index contributed by atoms with van der Waals surface area (Å²) >= 11 is 0. The Morgan fingerprint density at radius 2 is 1.65 bits per heavy atom. The minimum atomic E-state index is -1.79.